The summed E-state index contributed by atoms with van der Waals surface area (Å²) < 4.78 is 10.8. The second-order valence-corrected chi connectivity index (χ2v) is 4.53. The van der Waals surface area contributed by atoms with Crippen molar-refractivity contribution in [2.45, 2.75) is 12.7 Å². The van der Waals surface area contributed by atoms with Gasteiger partial charge < -0.3 is 9.15 Å². The molecule has 2 rings (SSSR count). The zero-order valence-corrected chi connectivity index (χ0v) is 10.4. The molecular formula is C12H14N2O2S. The number of ether oxygens (including phenoxy) is 1. The van der Waals surface area contributed by atoms with Crippen LogP contribution in [0.1, 0.15) is 11.8 Å². The van der Waals surface area contributed by atoms with Crippen LogP contribution < -0.4 is 4.74 Å². The van der Waals surface area contributed by atoms with Crippen molar-refractivity contribution in [3.8, 4) is 5.75 Å². The molecule has 90 valence electrons. The van der Waals surface area contributed by atoms with E-state index in [0.717, 1.165) is 17.3 Å². The Morgan fingerprint density at radius 2 is 2.06 bits per heavy atom. The summed E-state index contributed by atoms with van der Waals surface area (Å²) in [6.07, 6.45) is 0. The van der Waals surface area contributed by atoms with Crippen molar-refractivity contribution in [1.29, 1.82) is 0 Å². The van der Waals surface area contributed by atoms with Crippen molar-refractivity contribution in [3.05, 3.63) is 42.1 Å². The summed E-state index contributed by atoms with van der Waals surface area (Å²) in [5.74, 6) is 3.82. The van der Waals surface area contributed by atoms with Gasteiger partial charge in [0, 0.05) is 12.7 Å². The Morgan fingerprint density at radius 3 is 2.76 bits per heavy atom. The smallest absolute Gasteiger partial charge is 0.226 e. The molecular weight excluding hydrogens is 236 g/mol. The van der Waals surface area contributed by atoms with Gasteiger partial charge in [-0.25, -0.2) is 0 Å². The van der Waals surface area contributed by atoms with Gasteiger partial charge in [0.1, 0.15) is 5.75 Å². The Kier molecular flexibility index (Phi) is 4.44. The van der Waals surface area contributed by atoms with Gasteiger partial charge in [-0.3, -0.25) is 0 Å². The summed E-state index contributed by atoms with van der Waals surface area (Å²) in [5.41, 5.74) is 0. The Hall–Kier alpha value is -1.49. The summed E-state index contributed by atoms with van der Waals surface area (Å²) in [5, 5.41) is 7.70. The molecule has 0 N–H and O–H groups in total. The molecule has 2 aromatic rings. The lowest BCUT2D eigenvalue weighted by atomic mass is 10.3. The number of hydrogen-bond donors (Lipinski definition) is 0. The first-order valence-corrected chi connectivity index (χ1v) is 6.54. The molecule has 0 saturated carbocycles. The van der Waals surface area contributed by atoms with Crippen LogP contribution in [0, 0.1) is 6.92 Å². The zero-order valence-electron chi connectivity index (χ0n) is 9.63. The van der Waals surface area contributed by atoms with E-state index in [1.165, 1.54) is 0 Å². The number of hydrogen-bond acceptors (Lipinski definition) is 5. The van der Waals surface area contributed by atoms with Crippen molar-refractivity contribution < 1.29 is 9.15 Å². The number of thioether (sulfide) groups is 1. The van der Waals surface area contributed by atoms with Crippen LogP contribution in [0.3, 0.4) is 0 Å². The SMILES string of the molecule is Cc1nnc(CSCCOc2ccccc2)o1. The van der Waals surface area contributed by atoms with Crippen LogP contribution in [-0.2, 0) is 5.75 Å². The predicted molar refractivity (Wildman–Crippen MR) is 67.1 cm³/mol. The molecule has 0 saturated heterocycles. The van der Waals surface area contributed by atoms with Crippen LogP contribution in [0.15, 0.2) is 34.7 Å². The van der Waals surface area contributed by atoms with Crippen molar-refractivity contribution in [2.75, 3.05) is 12.4 Å². The Balaban J connectivity index is 1.61. The van der Waals surface area contributed by atoms with Crippen molar-refractivity contribution >= 4 is 11.8 Å². The van der Waals surface area contributed by atoms with E-state index in [4.69, 9.17) is 9.15 Å². The second-order valence-electron chi connectivity index (χ2n) is 3.43. The largest absolute Gasteiger partial charge is 0.493 e. The molecule has 0 fully saturated rings. The van der Waals surface area contributed by atoms with Crippen LogP contribution in [0.4, 0.5) is 0 Å². The van der Waals surface area contributed by atoms with E-state index in [1.54, 1.807) is 18.7 Å². The molecule has 17 heavy (non-hydrogen) atoms. The predicted octanol–water partition coefficient (Wildman–Crippen LogP) is 2.69. The third-order valence-electron chi connectivity index (χ3n) is 2.03. The average molecular weight is 250 g/mol. The lowest BCUT2D eigenvalue weighted by molar-refractivity contribution is 0.344. The van der Waals surface area contributed by atoms with Crippen molar-refractivity contribution in [2.24, 2.45) is 0 Å². The van der Waals surface area contributed by atoms with Crippen LogP contribution >= 0.6 is 11.8 Å². The first-order chi connectivity index (χ1) is 8.34. The monoisotopic (exact) mass is 250 g/mol. The Morgan fingerprint density at radius 1 is 1.24 bits per heavy atom. The van der Waals surface area contributed by atoms with E-state index in [2.05, 4.69) is 10.2 Å². The molecule has 0 aliphatic heterocycles. The second kappa shape index (κ2) is 6.30. The quantitative estimate of drug-likeness (QED) is 0.738. The fraction of sp³-hybridized carbons (Fsp3) is 0.333. The molecule has 1 heterocycles. The highest BCUT2D eigenvalue weighted by molar-refractivity contribution is 7.98. The number of nitrogens with zero attached hydrogens (tertiary/aromatic N) is 2. The fourth-order valence-corrected chi connectivity index (χ4v) is 1.93. The summed E-state index contributed by atoms with van der Waals surface area (Å²) >= 11 is 1.72. The Labute approximate surface area is 104 Å². The molecule has 0 aliphatic carbocycles. The Bertz CT molecular complexity index is 445. The van der Waals surface area contributed by atoms with Crippen LogP contribution in [0.2, 0.25) is 0 Å². The highest BCUT2D eigenvalue weighted by atomic mass is 32.2. The summed E-state index contributed by atoms with van der Waals surface area (Å²) in [6, 6.07) is 9.80. The number of rotatable bonds is 6. The van der Waals surface area contributed by atoms with Gasteiger partial charge in [-0.15, -0.1) is 22.0 Å². The van der Waals surface area contributed by atoms with E-state index < -0.39 is 0 Å². The molecule has 1 aromatic heterocycles. The van der Waals surface area contributed by atoms with Crippen molar-refractivity contribution in [1.82, 2.24) is 10.2 Å². The zero-order chi connectivity index (χ0) is 11.9. The van der Waals surface area contributed by atoms with Gasteiger partial charge in [-0.1, -0.05) is 18.2 Å². The first kappa shape index (κ1) is 12.0. The minimum Gasteiger partial charge on any atom is -0.493 e. The van der Waals surface area contributed by atoms with Gasteiger partial charge in [-0.05, 0) is 12.1 Å². The standard InChI is InChI=1S/C12H14N2O2S/c1-10-13-14-12(16-10)9-17-8-7-15-11-5-3-2-4-6-11/h2-6H,7-9H2,1H3. The fourth-order valence-electron chi connectivity index (χ4n) is 1.29. The lowest BCUT2D eigenvalue weighted by Crippen LogP contribution is -2.00. The van der Waals surface area contributed by atoms with E-state index in [-0.39, 0.29) is 0 Å². The maximum absolute atomic E-state index is 5.56. The van der Waals surface area contributed by atoms with E-state index >= 15 is 0 Å². The summed E-state index contributed by atoms with van der Waals surface area (Å²) in [4.78, 5) is 0. The lowest BCUT2D eigenvalue weighted by Gasteiger charge is -2.04. The van der Waals surface area contributed by atoms with Crippen molar-refractivity contribution in [3.63, 3.8) is 0 Å². The van der Waals surface area contributed by atoms with Crippen LogP contribution in [0.25, 0.3) is 0 Å². The van der Waals surface area contributed by atoms with Crippen LogP contribution in [-0.4, -0.2) is 22.6 Å². The van der Waals surface area contributed by atoms with Gasteiger partial charge in [0.05, 0.1) is 12.4 Å². The number of aromatic nitrogens is 2. The molecule has 0 amide bonds. The molecule has 5 heteroatoms. The third-order valence-corrected chi connectivity index (χ3v) is 2.94. The maximum atomic E-state index is 5.56. The highest BCUT2D eigenvalue weighted by Gasteiger charge is 2.01. The summed E-state index contributed by atoms with van der Waals surface area (Å²) in [7, 11) is 0. The molecule has 0 radical (unpaired) electrons. The molecule has 0 unspecified atom stereocenters. The van der Waals surface area contributed by atoms with Crippen LogP contribution in [0.5, 0.6) is 5.75 Å². The van der Waals surface area contributed by atoms with Gasteiger partial charge in [0.25, 0.3) is 0 Å². The number of aryl methyl sites for hydroxylation is 1. The maximum Gasteiger partial charge on any atom is 0.226 e. The van der Waals surface area contributed by atoms with Gasteiger partial charge in [0.15, 0.2) is 0 Å². The van der Waals surface area contributed by atoms with Gasteiger partial charge in [0.2, 0.25) is 11.8 Å². The van der Waals surface area contributed by atoms with Gasteiger partial charge >= 0.3 is 0 Å². The normalized spacial score (nSPS) is 10.4. The molecule has 0 spiro atoms. The topological polar surface area (TPSA) is 48.2 Å². The summed E-state index contributed by atoms with van der Waals surface area (Å²) in [6.45, 7) is 2.47. The molecule has 0 atom stereocenters. The minimum atomic E-state index is 0.612. The number of benzene rings is 1. The number of para-hydroxylation sites is 1. The van der Waals surface area contributed by atoms with E-state index in [0.29, 0.717) is 18.4 Å². The third kappa shape index (κ3) is 4.11. The highest BCUT2D eigenvalue weighted by Crippen LogP contribution is 2.12. The van der Waals surface area contributed by atoms with E-state index in [1.807, 2.05) is 30.3 Å². The molecule has 0 aliphatic rings. The molecule has 4 nitrogen and oxygen atoms in total. The minimum absolute atomic E-state index is 0.612. The van der Waals surface area contributed by atoms with E-state index in [9.17, 15) is 0 Å². The molecule has 1 aromatic carbocycles. The molecule has 0 bridgehead atoms. The first-order valence-electron chi connectivity index (χ1n) is 5.39. The van der Waals surface area contributed by atoms with Gasteiger partial charge in [-0.2, -0.15) is 0 Å². The average Bonchev–Trinajstić information content (AvgIpc) is 2.76.